The smallest absolute Gasteiger partial charge is 0.176 e. The molecule has 3 rings (SSSR count). The van der Waals surface area contributed by atoms with Gasteiger partial charge in [-0.1, -0.05) is 36.4 Å². The Morgan fingerprint density at radius 1 is 1.05 bits per heavy atom. The van der Waals surface area contributed by atoms with Crippen LogP contribution in [0.5, 0.6) is 0 Å². The van der Waals surface area contributed by atoms with Gasteiger partial charge in [-0.05, 0) is 43.5 Å². The zero-order valence-electron chi connectivity index (χ0n) is 13.0. The van der Waals surface area contributed by atoms with E-state index in [1.54, 1.807) is 6.20 Å². The summed E-state index contributed by atoms with van der Waals surface area (Å²) in [5, 5.41) is 14.6. The lowest BCUT2D eigenvalue weighted by Crippen LogP contribution is -2.02. The van der Waals surface area contributed by atoms with E-state index in [-0.39, 0.29) is 0 Å². The van der Waals surface area contributed by atoms with Crippen LogP contribution < -0.4 is 5.43 Å². The molecule has 0 aliphatic heterocycles. The quantitative estimate of drug-likeness (QED) is 0.584. The van der Waals surface area contributed by atoms with Crippen LogP contribution in [0.25, 0.3) is 10.8 Å². The van der Waals surface area contributed by atoms with Gasteiger partial charge >= 0.3 is 0 Å². The zero-order valence-corrected chi connectivity index (χ0v) is 13.0. The summed E-state index contributed by atoms with van der Waals surface area (Å²) in [7, 11) is 0. The van der Waals surface area contributed by atoms with E-state index in [0.29, 0.717) is 5.82 Å². The number of nitrogens with zero attached hydrogens (tertiary/aromatic N) is 3. The molecular weight excluding hydrogens is 272 g/mol. The Hall–Kier alpha value is -2.75. The lowest BCUT2D eigenvalue weighted by atomic mass is 10.0. The monoisotopic (exact) mass is 290 g/mol. The molecule has 3 aromatic rings. The summed E-state index contributed by atoms with van der Waals surface area (Å²) >= 11 is 0. The number of rotatable bonds is 3. The van der Waals surface area contributed by atoms with Gasteiger partial charge in [0.2, 0.25) is 0 Å². The van der Waals surface area contributed by atoms with Crippen molar-refractivity contribution in [1.29, 1.82) is 0 Å². The zero-order chi connectivity index (χ0) is 15.5. The molecule has 0 radical (unpaired) electrons. The summed E-state index contributed by atoms with van der Waals surface area (Å²) < 4.78 is 0. The fraction of sp³-hybridized carbons (Fsp3) is 0.167. The van der Waals surface area contributed by atoms with Crippen LogP contribution in [0.3, 0.4) is 0 Å². The van der Waals surface area contributed by atoms with Gasteiger partial charge < -0.3 is 0 Å². The maximum absolute atomic E-state index is 4.45. The number of nitrogens with one attached hydrogen (secondary N) is 1. The van der Waals surface area contributed by atoms with Crippen LogP contribution in [0, 0.1) is 13.8 Å². The molecule has 22 heavy (non-hydrogen) atoms. The number of benzene rings is 2. The summed E-state index contributed by atoms with van der Waals surface area (Å²) in [4.78, 5) is 0. The topological polar surface area (TPSA) is 50.2 Å². The molecule has 1 aromatic heterocycles. The highest BCUT2D eigenvalue weighted by atomic mass is 15.3. The van der Waals surface area contributed by atoms with Crippen LogP contribution in [-0.4, -0.2) is 15.9 Å². The van der Waals surface area contributed by atoms with E-state index in [1.807, 2.05) is 31.2 Å². The molecule has 1 heterocycles. The molecule has 0 aliphatic rings. The maximum Gasteiger partial charge on any atom is 0.176 e. The fourth-order valence-corrected chi connectivity index (χ4v) is 2.28. The number of hydrogen-bond donors (Lipinski definition) is 1. The Balaban J connectivity index is 1.90. The first-order valence-electron chi connectivity index (χ1n) is 7.23. The number of hydrogen-bond acceptors (Lipinski definition) is 4. The second-order valence-electron chi connectivity index (χ2n) is 5.39. The Kier molecular flexibility index (Phi) is 3.83. The number of aryl methyl sites for hydroxylation is 2. The molecular formula is C18H18N4. The van der Waals surface area contributed by atoms with Crippen LogP contribution in [-0.2, 0) is 0 Å². The van der Waals surface area contributed by atoms with Gasteiger partial charge in [0, 0.05) is 10.8 Å². The van der Waals surface area contributed by atoms with E-state index >= 15 is 0 Å². The molecule has 0 fully saturated rings. The van der Waals surface area contributed by atoms with Crippen molar-refractivity contribution in [1.82, 2.24) is 10.2 Å². The van der Waals surface area contributed by atoms with E-state index in [0.717, 1.165) is 22.0 Å². The van der Waals surface area contributed by atoms with Gasteiger partial charge in [0.25, 0.3) is 0 Å². The van der Waals surface area contributed by atoms with E-state index < -0.39 is 0 Å². The third kappa shape index (κ3) is 2.81. The van der Waals surface area contributed by atoms with E-state index in [9.17, 15) is 0 Å². The van der Waals surface area contributed by atoms with E-state index in [4.69, 9.17) is 0 Å². The molecule has 0 spiro atoms. The highest BCUT2D eigenvalue weighted by molar-refractivity contribution is 6.00. The van der Waals surface area contributed by atoms with Gasteiger partial charge in [0.05, 0.1) is 11.9 Å². The van der Waals surface area contributed by atoms with E-state index in [1.165, 1.54) is 11.1 Å². The van der Waals surface area contributed by atoms with Crippen molar-refractivity contribution in [2.24, 2.45) is 5.10 Å². The van der Waals surface area contributed by atoms with Crippen molar-refractivity contribution in [2.45, 2.75) is 20.8 Å². The number of fused-ring (bicyclic) bond motifs is 1. The number of hydrazone groups is 1. The molecule has 1 N–H and O–H groups in total. The Labute approximate surface area is 129 Å². The van der Waals surface area contributed by atoms with Crippen LogP contribution in [0.15, 0.2) is 53.8 Å². The second-order valence-corrected chi connectivity index (χ2v) is 5.39. The molecule has 0 saturated heterocycles. The highest BCUT2D eigenvalue weighted by Gasteiger charge is 2.03. The summed E-state index contributed by atoms with van der Waals surface area (Å²) in [6.07, 6.45) is 1.75. The van der Waals surface area contributed by atoms with Crippen molar-refractivity contribution in [3.05, 3.63) is 65.4 Å². The summed E-state index contributed by atoms with van der Waals surface area (Å²) in [5.74, 6) is 0.668. The predicted octanol–water partition coefficient (Wildman–Crippen LogP) is 4.08. The van der Waals surface area contributed by atoms with Crippen LogP contribution >= 0.6 is 0 Å². The molecule has 110 valence electrons. The van der Waals surface area contributed by atoms with Crippen molar-refractivity contribution < 1.29 is 0 Å². The Bertz CT molecular complexity index is 847. The summed E-state index contributed by atoms with van der Waals surface area (Å²) in [6, 6.07) is 14.3. The molecule has 0 unspecified atom stereocenters. The Morgan fingerprint density at radius 2 is 1.86 bits per heavy atom. The van der Waals surface area contributed by atoms with Crippen molar-refractivity contribution in [3.63, 3.8) is 0 Å². The number of aromatic nitrogens is 2. The number of anilines is 1. The minimum atomic E-state index is 0.668. The van der Waals surface area contributed by atoms with Gasteiger partial charge in [0.1, 0.15) is 0 Å². The second kappa shape index (κ2) is 5.93. The van der Waals surface area contributed by atoms with E-state index in [2.05, 4.69) is 52.8 Å². The lowest BCUT2D eigenvalue weighted by molar-refractivity contribution is 1.04. The van der Waals surface area contributed by atoms with Gasteiger partial charge in [-0.15, -0.1) is 5.10 Å². The third-order valence-electron chi connectivity index (χ3n) is 3.82. The molecule has 4 heteroatoms. The largest absolute Gasteiger partial charge is 0.259 e. The third-order valence-corrected chi connectivity index (χ3v) is 3.82. The van der Waals surface area contributed by atoms with Crippen LogP contribution in [0.4, 0.5) is 5.82 Å². The maximum atomic E-state index is 4.45. The standard InChI is InChI=1S/C18H18N4/c1-12-8-9-15(10-13(12)2)14(3)20-22-18-17-7-5-4-6-16(17)11-19-21-18/h4-11H,1-3H3,(H,21,22)/b20-14-. The summed E-state index contributed by atoms with van der Waals surface area (Å²) in [6.45, 7) is 6.20. The molecule has 0 saturated carbocycles. The molecule has 0 aliphatic carbocycles. The SMILES string of the molecule is C/C(=N/Nc1nncc2ccccc12)c1ccc(C)c(C)c1. The molecule has 4 nitrogen and oxygen atoms in total. The highest BCUT2D eigenvalue weighted by Crippen LogP contribution is 2.19. The van der Waals surface area contributed by atoms with Crippen molar-refractivity contribution >= 4 is 22.3 Å². The molecule has 0 bridgehead atoms. The summed E-state index contributed by atoms with van der Waals surface area (Å²) in [5.41, 5.74) is 7.59. The predicted molar refractivity (Wildman–Crippen MR) is 91.3 cm³/mol. The average molecular weight is 290 g/mol. The first-order valence-corrected chi connectivity index (χ1v) is 7.23. The minimum absolute atomic E-state index is 0.668. The van der Waals surface area contributed by atoms with Crippen LogP contribution in [0.1, 0.15) is 23.6 Å². The van der Waals surface area contributed by atoms with Gasteiger partial charge in [0.15, 0.2) is 5.82 Å². The molecule has 2 aromatic carbocycles. The Morgan fingerprint density at radius 3 is 2.68 bits per heavy atom. The van der Waals surface area contributed by atoms with Gasteiger partial charge in [-0.2, -0.15) is 10.2 Å². The minimum Gasteiger partial charge on any atom is -0.259 e. The fourth-order valence-electron chi connectivity index (χ4n) is 2.28. The van der Waals surface area contributed by atoms with Crippen molar-refractivity contribution in [3.8, 4) is 0 Å². The van der Waals surface area contributed by atoms with Crippen LogP contribution in [0.2, 0.25) is 0 Å². The molecule has 0 amide bonds. The first-order chi connectivity index (χ1) is 10.6. The van der Waals surface area contributed by atoms with Crippen molar-refractivity contribution in [2.75, 3.05) is 5.43 Å². The lowest BCUT2D eigenvalue weighted by Gasteiger charge is -2.07. The molecule has 0 atom stereocenters. The van der Waals surface area contributed by atoms with Gasteiger partial charge in [-0.3, -0.25) is 5.43 Å². The van der Waals surface area contributed by atoms with Gasteiger partial charge in [-0.25, -0.2) is 0 Å². The normalized spacial score (nSPS) is 11.7. The average Bonchev–Trinajstić information content (AvgIpc) is 2.55. The first kappa shape index (κ1) is 14.2.